The molecule has 5 nitrogen and oxygen atoms in total. The lowest BCUT2D eigenvalue weighted by Crippen LogP contribution is -2.39. The Morgan fingerprint density at radius 2 is 2.00 bits per heavy atom. The van der Waals surface area contributed by atoms with E-state index in [2.05, 4.69) is 5.32 Å². The van der Waals surface area contributed by atoms with E-state index in [0.29, 0.717) is 12.1 Å². The van der Waals surface area contributed by atoms with Crippen molar-refractivity contribution in [3.63, 3.8) is 0 Å². The lowest BCUT2D eigenvalue weighted by Gasteiger charge is -2.15. The Morgan fingerprint density at radius 1 is 1.30 bits per heavy atom. The summed E-state index contributed by atoms with van der Waals surface area (Å²) < 4.78 is 5.08. The lowest BCUT2D eigenvalue weighted by atomic mass is 10.1. The molecule has 0 fully saturated rings. The van der Waals surface area contributed by atoms with Crippen molar-refractivity contribution in [2.24, 2.45) is 0 Å². The molecule has 0 heterocycles. The van der Waals surface area contributed by atoms with Crippen LogP contribution in [0.2, 0.25) is 0 Å². The fourth-order valence-corrected chi connectivity index (χ4v) is 1.71. The molecule has 0 spiro atoms. The van der Waals surface area contributed by atoms with Gasteiger partial charge in [-0.15, -0.1) is 0 Å². The zero-order valence-electron chi connectivity index (χ0n) is 12.2. The number of nitrogens with two attached hydrogens (primary N) is 1. The standard InChI is InChI=1S/C15H22N2O3/c1-10(2)17-15(19)11(3)20-14(18)8-7-12-5-4-6-13(16)9-12/h4-6,9-11H,7-8,16H2,1-3H3,(H,17,19). The third-order valence-electron chi connectivity index (χ3n) is 2.68. The summed E-state index contributed by atoms with van der Waals surface area (Å²) in [6.45, 7) is 5.27. The highest BCUT2D eigenvalue weighted by Crippen LogP contribution is 2.09. The summed E-state index contributed by atoms with van der Waals surface area (Å²) in [6, 6.07) is 7.38. The van der Waals surface area contributed by atoms with Gasteiger partial charge in [0.2, 0.25) is 0 Å². The van der Waals surface area contributed by atoms with Crippen molar-refractivity contribution in [2.45, 2.75) is 45.8 Å². The molecular formula is C15H22N2O3. The molecule has 0 radical (unpaired) electrons. The number of benzene rings is 1. The van der Waals surface area contributed by atoms with Crippen molar-refractivity contribution in [1.82, 2.24) is 5.32 Å². The molecule has 5 heteroatoms. The SMILES string of the molecule is CC(C)NC(=O)C(C)OC(=O)CCc1cccc(N)c1. The monoisotopic (exact) mass is 278 g/mol. The first-order valence-corrected chi connectivity index (χ1v) is 6.72. The Labute approximate surface area is 119 Å². The number of hydrogen-bond donors (Lipinski definition) is 2. The van der Waals surface area contributed by atoms with Crippen LogP contribution in [0.1, 0.15) is 32.8 Å². The first-order valence-electron chi connectivity index (χ1n) is 6.72. The van der Waals surface area contributed by atoms with Gasteiger partial charge in [-0.1, -0.05) is 12.1 Å². The van der Waals surface area contributed by atoms with Crippen LogP contribution in [0.5, 0.6) is 0 Å². The Hall–Kier alpha value is -2.04. The normalized spacial score (nSPS) is 12.0. The van der Waals surface area contributed by atoms with Crippen LogP contribution < -0.4 is 11.1 Å². The van der Waals surface area contributed by atoms with Gasteiger partial charge in [-0.2, -0.15) is 0 Å². The first-order chi connectivity index (χ1) is 9.38. The number of carbonyl (C=O) groups excluding carboxylic acids is 2. The van der Waals surface area contributed by atoms with E-state index in [1.165, 1.54) is 0 Å². The zero-order chi connectivity index (χ0) is 15.1. The number of nitrogen functional groups attached to an aromatic ring is 1. The number of carbonyl (C=O) groups is 2. The lowest BCUT2D eigenvalue weighted by molar-refractivity contribution is -0.154. The molecule has 1 rings (SSSR count). The molecule has 0 saturated heterocycles. The van der Waals surface area contributed by atoms with Gasteiger partial charge in [-0.05, 0) is 44.9 Å². The Morgan fingerprint density at radius 3 is 2.60 bits per heavy atom. The highest BCUT2D eigenvalue weighted by atomic mass is 16.5. The van der Waals surface area contributed by atoms with Gasteiger partial charge < -0.3 is 15.8 Å². The molecular weight excluding hydrogens is 256 g/mol. The van der Waals surface area contributed by atoms with Gasteiger partial charge in [0, 0.05) is 18.2 Å². The molecule has 0 aliphatic heterocycles. The predicted molar refractivity (Wildman–Crippen MR) is 78.0 cm³/mol. The summed E-state index contributed by atoms with van der Waals surface area (Å²) in [5, 5.41) is 2.70. The Bertz CT molecular complexity index is 472. The topological polar surface area (TPSA) is 81.4 Å². The molecule has 1 unspecified atom stereocenters. The number of aryl methyl sites for hydroxylation is 1. The molecule has 0 bridgehead atoms. The minimum atomic E-state index is -0.772. The second-order valence-electron chi connectivity index (χ2n) is 5.04. The summed E-state index contributed by atoms with van der Waals surface area (Å²) >= 11 is 0. The van der Waals surface area contributed by atoms with Crippen LogP contribution in [-0.4, -0.2) is 24.0 Å². The van der Waals surface area contributed by atoms with Crippen molar-refractivity contribution < 1.29 is 14.3 Å². The van der Waals surface area contributed by atoms with Crippen molar-refractivity contribution in [3.05, 3.63) is 29.8 Å². The van der Waals surface area contributed by atoms with Crippen LogP contribution in [0.25, 0.3) is 0 Å². The molecule has 1 amide bonds. The second kappa shape index (κ2) is 7.53. The van der Waals surface area contributed by atoms with Crippen LogP contribution in [-0.2, 0) is 20.7 Å². The van der Waals surface area contributed by atoms with E-state index in [4.69, 9.17) is 10.5 Å². The van der Waals surface area contributed by atoms with Crippen LogP contribution in [0.15, 0.2) is 24.3 Å². The van der Waals surface area contributed by atoms with Gasteiger partial charge in [0.15, 0.2) is 6.10 Å². The molecule has 1 aromatic carbocycles. The molecule has 0 aliphatic carbocycles. The predicted octanol–water partition coefficient (Wildman–Crippen LogP) is 1.66. The van der Waals surface area contributed by atoms with E-state index >= 15 is 0 Å². The van der Waals surface area contributed by atoms with Crippen LogP contribution in [0, 0.1) is 0 Å². The summed E-state index contributed by atoms with van der Waals surface area (Å²) in [5.74, 6) is -0.670. The molecule has 0 aliphatic rings. The second-order valence-corrected chi connectivity index (χ2v) is 5.04. The van der Waals surface area contributed by atoms with Crippen LogP contribution in [0.3, 0.4) is 0 Å². The molecule has 1 aromatic rings. The largest absolute Gasteiger partial charge is 0.453 e. The fraction of sp³-hybridized carbons (Fsp3) is 0.467. The molecule has 20 heavy (non-hydrogen) atoms. The van der Waals surface area contributed by atoms with Crippen molar-refractivity contribution in [1.29, 1.82) is 0 Å². The highest BCUT2D eigenvalue weighted by molar-refractivity contribution is 5.83. The first kappa shape index (κ1) is 16.0. The van der Waals surface area contributed by atoms with E-state index in [-0.39, 0.29) is 24.3 Å². The maximum atomic E-state index is 11.7. The van der Waals surface area contributed by atoms with Gasteiger partial charge in [0.05, 0.1) is 0 Å². The van der Waals surface area contributed by atoms with Gasteiger partial charge in [0.25, 0.3) is 5.91 Å². The van der Waals surface area contributed by atoms with E-state index in [1.54, 1.807) is 13.0 Å². The Balaban J connectivity index is 2.38. The average molecular weight is 278 g/mol. The maximum Gasteiger partial charge on any atom is 0.306 e. The number of anilines is 1. The summed E-state index contributed by atoms with van der Waals surface area (Å²) in [5.41, 5.74) is 7.30. The molecule has 1 atom stereocenters. The minimum Gasteiger partial charge on any atom is -0.453 e. The molecule has 0 aromatic heterocycles. The third-order valence-corrected chi connectivity index (χ3v) is 2.68. The van der Waals surface area contributed by atoms with E-state index in [1.807, 2.05) is 32.0 Å². The van der Waals surface area contributed by atoms with Crippen molar-refractivity contribution >= 4 is 17.6 Å². The summed E-state index contributed by atoms with van der Waals surface area (Å²) in [6.07, 6.45) is -0.00347. The summed E-state index contributed by atoms with van der Waals surface area (Å²) in [7, 11) is 0. The van der Waals surface area contributed by atoms with Gasteiger partial charge in [-0.25, -0.2) is 0 Å². The number of hydrogen-bond acceptors (Lipinski definition) is 4. The number of esters is 1. The Kier molecular flexibility index (Phi) is 6.03. The average Bonchev–Trinajstić information content (AvgIpc) is 2.35. The minimum absolute atomic E-state index is 0.0240. The zero-order valence-corrected chi connectivity index (χ0v) is 12.2. The third kappa shape index (κ3) is 5.73. The fourth-order valence-electron chi connectivity index (χ4n) is 1.71. The quantitative estimate of drug-likeness (QED) is 0.612. The van der Waals surface area contributed by atoms with Crippen molar-refractivity contribution in [2.75, 3.05) is 5.73 Å². The van der Waals surface area contributed by atoms with E-state index in [0.717, 1.165) is 5.56 Å². The van der Waals surface area contributed by atoms with Gasteiger partial charge >= 0.3 is 5.97 Å². The number of ether oxygens (including phenoxy) is 1. The van der Waals surface area contributed by atoms with E-state index < -0.39 is 6.10 Å². The molecule has 0 saturated carbocycles. The maximum absolute atomic E-state index is 11.7. The number of nitrogens with one attached hydrogen (secondary N) is 1. The smallest absolute Gasteiger partial charge is 0.306 e. The molecule has 3 N–H and O–H groups in total. The number of amides is 1. The van der Waals surface area contributed by atoms with Gasteiger partial charge in [0.1, 0.15) is 0 Å². The van der Waals surface area contributed by atoms with Crippen LogP contribution in [0.4, 0.5) is 5.69 Å². The van der Waals surface area contributed by atoms with Crippen molar-refractivity contribution in [3.8, 4) is 0 Å². The molecule has 110 valence electrons. The van der Waals surface area contributed by atoms with E-state index in [9.17, 15) is 9.59 Å². The summed E-state index contributed by atoms with van der Waals surface area (Å²) in [4.78, 5) is 23.3. The number of rotatable bonds is 6. The van der Waals surface area contributed by atoms with Gasteiger partial charge in [-0.3, -0.25) is 9.59 Å². The highest BCUT2D eigenvalue weighted by Gasteiger charge is 2.17. The van der Waals surface area contributed by atoms with Crippen LogP contribution >= 0.6 is 0 Å².